The van der Waals surface area contributed by atoms with Crippen molar-refractivity contribution in [3.05, 3.63) is 88.8 Å². The summed E-state index contributed by atoms with van der Waals surface area (Å²) >= 11 is 1.27. The average Bonchev–Trinajstić information content (AvgIpc) is 3.19. The van der Waals surface area contributed by atoms with Crippen molar-refractivity contribution in [3.63, 3.8) is 0 Å². The summed E-state index contributed by atoms with van der Waals surface area (Å²) in [5.74, 6) is -2.99. The summed E-state index contributed by atoms with van der Waals surface area (Å²) < 4.78 is 41.6. The first-order valence-corrected chi connectivity index (χ1v) is 10.7. The molecule has 0 unspecified atom stereocenters. The van der Waals surface area contributed by atoms with E-state index in [0.29, 0.717) is 16.5 Å². The summed E-state index contributed by atoms with van der Waals surface area (Å²) in [4.78, 5) is 21.7. The monoisotopic (exact) mass is 470 g/mol. The maximum absolute atomic E-state index is 13.5. The molecule has 11 heteroatoms. The predicted molar refractivity (Wildman–Crippen MR) is 117 cm³/mol. The number of hydrogen-bond donors (Lipinski definition) is 1. The van der Waals surface area contributed by atoms with Gasteiger partial charge < -0.3 is 5.32 Å². The van der Waals surface area contributed by atoms with Crippen molar-refractivity contribution in [3.8, 4) is 5.69 Å². The summed E-state index contributed by atoms with van der Waals surface area (Å²) in [6.45, 7) is 3.70. The molecule has 33 heavy (non-hydrogen) atoms. The minimum atomic E-state index is -1.09. The Hall–Kier alpha value is -3.73. The first-order chi connectivity index (χ1) is 15.8. The predicted octanol–water partition coefficient (Wildman–Crippen LogP) is 4.64. The molecule has 7 nitrogen and oxygen atoms in total. The van der Waals surface area contributed by atoms with Crippen molar-refractivity contribution in [1.29, 1.82) is 0 Å². The Morgan fingerprint density at radius 2 is 1.67 bits per heavy atom. The van der Waals surface area contributed by atoms with Gasteiger partial charge in [0, 0.05) is 28.9 Å². The van der Waals surface area contributed by atoms with Crippen LogP contribution in [0.2, 0.25) is 0 Å². The molecule has 4 rings (SSSR count). The highest BCUT2D eigenvalue weighted by Crippen LogP contribution is 2.24. The van der Waals surface area contributed by atoms with Gasteiger partial charge in [0.15, 0.2) is 22.5 Å². The molecule has 168 valence electrons. The van der Waals surface area contributed by atoms with Crippen LogP contribution in [0.5, 0.6) is 0 Å². The van der Waals surface area contributed by atoms with Gasteiger partial charge in [-0.2, -0.15) is 0 Å². The van der Waals surface area contributed by atoms with E-state index in [1.807, 2.05) is 19.9 Å². The van der Waals surface area contributed by atoms with Gasteiger partial charge in [0.1, 0.15) is 5.82 Å². The molecule has 0 saturated carbocycles. The number of aryl methyl sites for hydroxylation is 2. The van der Waals surface area contributed by atoms with Gasteiger partial charge in [-0.3, -0.25) is 4.79 Å². The Morgan fingerprint density at radius 3 is 2.33 bits per heavy atom. The molecule has 2 heterocycles. The summed E-state index contributed by atoms with van der Waals surface area (Å²) in [5.41, 5.74) is 2.52. The second-order valence-corrected chi connectivity index (χ2v) is 8.02. The summed E-state index contributed by atoms with van der Waals surface area (Å²) in [6, 6.07) is 10.4. The zero-order valence-electron chi connectivity index (χ0n) is 17.5. The second kappa shape index (κ2) is 9.41. The number of nitrogens with zero attached hydrogens (tertiary/aromatic N) is 5. The van der Waals surface area contributed by atoms with Crippen LogP contribution < -0.4 is 5.32 Å². The molecule has 4 aromatic rings. The molecular weight excluding hydrogens is 453 g/mol. The normalized spacial score (nSPS) is 10.9. The van der Waals surface area contributed by atoms with Gasteiger partial charge in [-0.25, -0.2) is 27.8 Å². The van der Waals surface area contributed by atoms with E-state index in [9.17, 15) is 18.0 Å². The molecular formula is C22H17F3N6OS. The number of benzene rings is 2. The van der Waals surface area contributed by atoms with Gasteiger partial charge in [0.25, 0.3) is 5.91 Å². The van der Waals surface area contributed by atoms with Crippen LogP contribution in [0.1, 0.15) is 27.6 Å². The Bertz CT molecular complexity index is 1310. The summed E-state index contributed by atoms with van der Waals surface area (Å²) in [6.07, 6.45) is 0. The number of anilines is 1. The van der Waals surface area contributed by atoms with Crippen molar-refractivity contribution < 1.29 is 18.0 Å². The number of nitrogens with one attached hydrogen (secondary N) is 1. The molecule has 1 N–H and O–H groups in total. The lowest BCUT2D eigenvalue weighted by Gasteiger charge is -2.09. The lowest BCUT2D eigenvalue weighted by atomic mass is 10.2. The number of hydrogen-bond acceptors (Lipinski definition) is 6. The van der Waals surface area contributed by atoms with Crippen molar-refractivity contribution in [2.75, 3.05) is 5.32 Å². The molecule has 2 aromatic heterocycles. The van der Waals surface area contributed by atoms with Crippen LogP contribution in [0.15, 0.2) is 53.7 Å². The lowest BCUT2D eigenvalue weighted by molar-refractivity contribution is 0.102. The molecule has 0 atom stereocenters. The van der Waals surface area contributed by atoms with E-state index < -0.39 is 23.4 Å². The second-order valence-electron chi connectivity index (χ2n) is 7.08. The fraction of sp³-hybridized carbons (Fsp3) is 0.136. The van der Waals surface area contributed by atoms with Crippen LogP contribution in [0.25, 0.3) is 5.69 Å². The highest BCUT2D eigenvalue weighted by molar-refractivity contribution is 7.98. The molecule has 1 amide bonds. The standard InChI is InChI=1S/C22H17F3N6OS/c1-12-9-13(2)27-22(26-12)33-11-19-20(21(32)28-15-5-8-17(24)18(25)10-15)29-30-31(19)16-6-3-14(23)4-7-16/h3-10H,11H2,1-2H3,(H,28,32). The average molecular weight is 470 g/mol. The van der Waals surface area contributed by atoms with Gasteiger partial charge in [0.2, 0.25) is 0 Å². The third kappa shape index (κ3) is 5.20. The first-order valence-electron chi connectivity index (χ1n) is 9.72. The molecule has 0 aliphatic carbocycles. The quantitative estimate of drug-likeness (QED) is 0.327. The molecule has 2 aromatic carbocycles. The fourth-order valence-corrected chi connectivity index (χ4v) is 3.99. The van der Waals surface area contributed by atoms with Crippen molar-refractivity contribution in [1.82, 2.24) is 25.0 Å². The number of halogens is 3. The van der Waals surface area contributed by atoms with E-state index in [4.69, 9.17) is 0 Å². The lowest BCUT2D eigenvalue weighted by Crippen LogP contribution is -2.15. The summed E-state index contributed by atoms with van der Waals surface area (Å²) in [7, 11) is 0. The number of amides is 1. The minimum Gasteiger partial charge on any atom is -0.320 e. The van der Waals surface area contributed by atoms with Crippen LogP contribution >= 0.6 is 11.8 Å². The molecule has 0 fully saturated rings. The topological polar surface area (TPSA) is 85.6 Å². The number of rotatable bonds is 6. The fourth-order valence-electron chi connectivity index (χ4n) is 3.05. The number of carbonyl (C=O) groups is 1. The highest BCUT2D eigenvalue weighted by atomic mass is 32.2. The number of carbonyl (C=O) groups excluding carboxylic acids is 1. The summed E-state index contributed by atoms with van der Waals surface area (Å²) in [5, 5.41) is 11.0. The minimum absolute atomic E-state index is 0.0269. The molecule has 0 aliphatic heterocycles. The molecule has 0 spiro atoms. The number of thioether (sulfide) groups is 1. The Morgan fingerprint density at radius 1 is 0.970 bits per heavy atom. The highest BCUT2D eigenvalue weighted by Gasteiger charge is 2.22. The molecule has 0 saturated heterocycles. The van der Waals surface area contributed by atoms with Gasteiger partial charge in [-0.05, 0) is 56.3 Å². The maximum atomic E-state index is 13.5. The Balaban J connectivity index is 1.67. The van der Waals surface area contributed by atoms with Crippen molar-refractivity contribution in [2.45, 2.75) is 24.8 Å². The van der Waals surface area contributed by atoms with Gasteiger partial charge in [-0.15, -0.1) is 5.10 Å². The maximum Gasteiger partial charge on any atom is 0.278 e. The van der Waals surface area contributed by atoms with Crippen LogP contribution in [-0.2, 0) is 5.75 Å². The third-order valence-electron chi connectivity index (χ3n) is 4.53. The van der Waals surface area contributed by atoms with E-state index in [0.717, 1.165) is 23.5 Å². The number of aromatic nitrogens is 5. The zero-order valence-corrected chi connectivity index (χ0v) is 18.3. The van der Waals surface area contributed by atoms with E-state index in [1.165, 1.54) is 46.8 Å². The molecule has 0 bridgehead atoms. The van der Waals surface area contributed by atoms with Crippen LogP contribution in [-0.4, -0.2) is 30.9 Å². The first kappa shape index (κ1) is 22.5. The van der Waals surface area contributed by atoms with E-state index >= 15 is 0 Å². The molecule has 0 radical (unpaired) electrons. The van der Waals surface area contributed by atoms with Gasteiger partial charge in [0.05, 0.1) is 11.4 Å². The van der Waals surface area contributed by atoms with E-state index in [-0.39, 0.29) is 17.1 Å². The van der Waals surface area contributed by atoms with Crippen molar-refractivity contribution in [2.24, 2.45) is 0 Å². The zero-order chi connectivity index (χ0) is 23.5. The van der Waals surface area contributed by atoms with E-state index in [2.05, 4.69) is 25.6 Å². The van der Waals surface area contributed by atoms with Crippen LogP contribution in [0.4, 0.5) is 18.9 Å². The Kier molecular flexibility index (Phi) is 6.40. The SMILES string of the molecule is Cc1cc(C)nc(SCc2c(C(=O)Nc3ccc(F)c(F)c3)nnn2-c2ccc(F)cc2)n1. The smallest absolute Gasteiger partial charge is 0.278 e. The van der Waals surface area contributed by atoms with Gasteiger partial charge >= 0.3 is 0 Å². The Labute approximate surface area is 191 Å². The molecule has 0 aliphatic rings. The third-order valence-corrected chi connectivity index (χ3v) is 5.39. The van der Waals surface area contributed by atoms with Gasteiger partial charge in [-0.1, -0.05) is 17.0 Å². The van der Waals surface area contributed by atoms with E-state index in [1.54, 1.807) is 0 Å². The van der Waals surface area contributed by atoms with Crippen molar-refractivity contribution >= 4 is 23.4 Å². The van der Waals surface area contributed by atoms with Crippen LogP contribution in [0, 0.1) is 31.3 Å². The largest absolute Gasteiger partial charge is 0.320 e. The van der Waals surface area contributed by atoms with Crippen LogP contribution in [0.3, 0.4) is 0 Å².